The van der Waals surface area contributed by atoms with Crippen LogP contribution in [-0.4, -0.2) is 34.9 Å². The Kier molecular flexibility index (Phi) is 6.77. The number of aromatic nitrogens is 2. The van der Waals surface area contributed by atoms with Gasteiger partial charge in [0, 0.05) is 19.6 Å². The summed E-state index contributed by atoms with van der Waals surface area (Å²) in [5.41, 5.74) is 0. The summed E-state index contributed by atoms with van der Waals surface area (Å²) in [5.74, 6) is 0.753. The van der Waals surface area contributed by atoms with Crippen LogP contribution in [0.2, 0.25) is 0 Å². The fourth-order valence-electron chi connectivity index (χ4n) is 1.34. The highest BCUT2D eigenvalue weighted by Gasteiger charge is 1.96. The molecule has 0 aliphatic carbocycles. The number of unbranched alkanes of at least 4 members (excludes halogenated alkanes) is 3. The Morgan fingerprint density at radius 2 is 2.07 bits per heavy atom. The van der Waals surface area contributed by atoms with Crippen molar-refractivity contribution in [1.29, 1.82) is 0 Å². The van der Waals surface area contributed by atoms with Crippen molar-refractivity contribution in [2.75, 3.05) is 19.7 Å². The third-order valence-electron chi connectivity index (χ3n) is 2.19. The van der Waals surface area contributed by atoms with Gasteiger partial charge in [0.25, 0.3) is 0 Å². The molecule has 0 aliphatic rings. The maximum atomic E-state index is 8.57. The normalized spacial score (nSPS) is 10.7. The summed E-state index contributed by atoms with van der Waals surface area (Å²) in [5, 5.41) is 15.6. The van der Waals surface area contributed by atoms with Gasteiger partial charge in [-0.1, -0.05) is 18.0 Å². The van der Waals surface area contributed by atoms with Crippen LogP contribution in [0.4, 0.5) is 0 Å². The molecular weight excluding hydrogens is 194 g/mol. The van der Waals surface area contributed by atoms with Gasteiger partial charge >= 0.3 is 0 Å². The van der Waals surface area contributed by atoms with Crippen molar-refractivity contribution < 1.29 is 9.63 Å². The molecule has 0 unspecified atom stereocenters. The summed E-state index contributed by atoms with van der Waals surface area (Å²) in [6.45, 7) is 2.22. The summed E-state index contributed by atoms with van der Waals surface area (Å²) in [6, 6.07) is 0. The summed E-state index contributed by atoms with van der Waals surface area (Å²) >= 11 is 0. The molecular formula is C10H19N3O2. The van der Waals surface area contributed by atoms with Crippen molar-refractivity contribution in [3.63, 3.8) is 0 Å². The van der Waals surface area contributed by atoms with E-state index < -0.39 is 0 Å². The Hall–Kier alpha value is -0.940. The Labute approximate surface area is 89.9 Å². The first-order valence-electron chi connectivity index (χ1n) is 5.50. The van der Waals surface area contributed by atoms with Crippen LogP contribution >= 0.6 is 0 Å². The first-order valence-corrected chi connectivity index (χ1v) is 5.50. The second-order valence-corrected chi connectivity index (χ2v) is 3.49. The first kappa shape index (κ1) is 12.1. The lowest BCUT2D eigenvalue weighted by Gasteiger charge is -2.02. The van der Waals surface area contributed by atoms with Gasteiger partial charge in [-0.3, -0.25) is 0 Å². The molecule has 5 heteroatoms. The van der Waals surface area contributed by atoms with Crippen LogP contribution in [0.15, 0.2) is 10.9 Å². The van der Waals surface area contributed by atoms with E-state index in [1.165, 1.54) is 12.8 Å². The molecule has 1 rings (SSSR count). The van der Waals surface area contributed by atoms with E-state index in [0.717, 1.165) is 44.6 Å². The summed E-state index contributed by atoms with van der Waals surface area (Å²) in [6.07, 6.45) is 6.53. The van der Waals surface area contributed by atoms with Crippen molar-refractivity contribution in [1.82, 2.24) is 15.5 Å². The second kappa shape index (κ2) is 8.38. The molecule has 0 saturated carbocycles. The standard InChI is InChI=1S/C10H19N3O2/c14-8-4-2-1-3-6-11-7-5-10-12-9-15-13-10/h9,11,14H,1-8H2. The van der Waals surface area contributed by atoms with E-state index in [0.29, 0.717) is 6.61 Å². The molecule has 0 fully saturated rings. The average Bonchev–Trinajstić information content (AvgIpc) is 2.75. The zero-order chi connectivity index (χ0) is 10.8. The van der Waals surface area contributed by atoms with Gasteiger partial charge in [-0.05, 0) is 19.4 Å². The van der Waals surface area contributed by atoms with E-state index in [-0.39, 0.29) is 0 Å². The minimum Gasteiger partial charge on any atom is -0.396 e. The number of aliphatic hydroxyl groups excluding tert-OH is 1. The van der Waals surface area contributed by atoms with Crippen LogP contribution in [0.25, 0.3) is 0 Å². The van der Waals surface area contributed by atoms with Crippen molar-refractivity contribution >= 4 is 0 Å². The maximum Gasteiger partial charge on any atom is 0.213 e. The predicted molar refractivity (Wildman–Crippen MR) is 56.4 cm³/mol. The van der Waals surface area contributed by atoms with Crippen molar-refractivity contribution in [3.8, 4) is 0 Å². The molecule has 0 saturated heterocycles. The van der Waals surface area contributed by atoms with Crippen LogP contribution in [0.5, 0.6) is 0 Å². The molecule has 2 N–H and O–H groups in total. The minimum atomic E-state index is 0.311. The number of nitrogens with one attached hydrogen (secondary N) is 1. The molecule has 1 aromatic rings. The molecule has 1 aromatic heterocycles. The third kappa shape index (κ3) is 6.19. The van der Waals surface area contributed by atoms with Crippen LogP contribution in [-0.2, 0) is 6.42 Å². The van der Waals surface area contributed by atoms with E-state index in [4.69, 9.17) is 5.11 Å². The number of rotatable bonds is 9. The Morgan fingerprint density at radius 1 is 1.20 bits per heavy atom. The molecule has 0 aliphatic heterocycles. The van der Waals surface area contributed by atoms with E-state index in [1.54, 1.807) is 0 Å². The zero-order valence-electron chi connectivity index (χ0n) is 8.98. The molecule has 0 radical (unpaired) electrons. The molecule has 0 spiro atoms. The molecule has 15 heavy (non-hydrogen) atoms. The molecule has 5 nitrogen and oxygen atoms in total. The van der Waals surface area contributed by atoms with Crippen LogP contribution in [0.3, 0.4) is 0 Å². The molecule has 0 amide bonds. The lowest BCUT2D eigenvalue weighted by molar-refractivity contribution is 0.282. The highest BCUT2D eigenvalue weighted by molar-refractivity contribution is 4.78. The van der Waals surface area contributed by atoms with Gasteiger partial charge < -0.3 is 14.9 Å². The molecule has 0 bridgehead atoms. The number of hydrogen-bond acceptors (Lipinski definition) is 5. The van der Waals surface area contributed by atoms with Gasteiger partial charge in [-0.2, -0.15) is 4.98 Å². The average molecular weight is 213 g/mol. The van der Waals surface area contributed by atoms with E-state index in [9.17, 15) is 0 Å². The third-order valence-corrected chi connectivity index (χ3v) is 2.19. The quantitative estimate of drug-likeness (QED) is 0.592. The van der Waals surface area contributed by atoms with Crippen molar-refractivity contribution in [3.05, 3.63) is 12.2 Å². The van der Waals surface area contributed by atoms with Crippen molar-refractivity contribution in [2.45, 2.75) is 32.1 Å². The van der Waals surface area contributed by atoms with E-state index >= 15 is 0 Å². The lowest BCUT2D eigenvalue weighted by atomic mass is 10.2. The monoisotopic (exact) mass is 213 g/mol. The van der Waals surface area contributed by atoms with E-state index in [2.05, 4.69) is 20.0 Å². The fourth-order valence-corrected chi connectivity index (χ4v) is 1.34. The Bertz CT molecular complexity index is 227. The molecule has 0 aromatic carbocycles. The zero-order valence-corrected chi connectivity index (χ0v) is 8.98. The lowest BCUT2D eigenvalue weighted by Crippen LogP contribution is -2.18. The topological polar surface area (TPSA) is 71.2 Å². The Morgan fingerprint density at radius 3 is 2.80 bits per heavy atom. The smallest absolute Gasteiger partial charge is 0.213 e. The fraction of sp³-hybridized carbons (Fsp3) is 0.800. The van der Waals surface area contributed by atoms with Crippen LogP contribution in [0.1, 0.15) is 31.5 Å². The van der Waals surface area contributed by atoms with E-state index in [1.807, 2.05) is 0 Å². The largest absolute Gasteiger partial charge is 0.396 e. The van der Waals surface area contributed by atoms with Gasteiger partial charge in [-0.25, -0.2) is 0 Å². The van der Waals surface area contributed by atoms with Crippen molar-refractivity contribution in [2.24, 2.45) is 0 Å². The number of aliphatic hydroxyl groups is 1. The van der Waals surface area contributed by atoms with Gasteiger partial charge in [0.15, 0.2) is 5.82 Å². The van der Waals surface area contributed by atoms with Gasteiger partial charge in [0.1, 0.15) is 0 Å². The van der Waals surface area contributed by atoms with Gasteiger partial charge in [0.2, 0.25) is 6.39 Å². The summed E-state index contributed by atoms with van der Waals surface area (Å²) in [7, 11) is 0. The van der Waals surface area contributed by atoms with Gasteiger partial charge in [-0.15, -0.1) is 0 Å². The second-order valence-electron chi connectivity index (χ2n) is 3.49. The highest BCUT2D eigenvalue weighted by Crippen LogP contribution is 1.97. The summed E-state index contributed by atoms with van der Waals surface area (Å²) in [4.78, 5) is 3.93. The van der Waals surface area contributed by atoms with Gasteiger partial charge in [0.05, 0.1) is 0 Å². The first-order chi connectivity index (χ1) is 7.43. The summed E-state index contributed by atoms with van der Waals surface area (Å²) < 4.78 is 4.62. The number of nitrogens with zero attached hydrogens (tertiary/aromatic N) is 2. The van der Waals surface area contributed by atoms with Crippen LogP contribution in [0, 0.1) is 0 Å². The Balaban J connectivity index is 1.81. The molecule has 86 valence electrons. The minimum absolute atomic E-state index is 0.311. The molecule has 1 heterocycles. The predicted octanol–water partition coefficient (Wildman–Crippen LogP) is 0.754. The maximum absolute atomic E-state index is 8.57. The highest BCUT2D eigenvalue weighted by atomic mass is 16.5. The van der Waals surface area contributed by atoms with Crippen LogP contribution < -0.4 is 5.32 Å². The SMILES string of the molecule is OCCCCCCNCCc1ncon1. The number of hydrogen-bond donors (Lipinski definition) is 2. The molecule has 0 atom stereocenters.